The van der Waals surface area contributed by atoms with Gasteiger partial charge in [-0.25, -0.2) is 4.79 Å². The molecule has 0 bridgehead atoms. The molecule has 0 fully saturated rings. The van der Waals surface area contributed by atoms with Gasteiger partial charge in [-0.05, 0) is 47.2 Å². The average Bonchev–Trinajstić information content (AvgIpc) is 2.88. The minimum absolute atomic E-state index is 0.191. The fraction of sp³-hybridized carbons (Fsp3) is 0.161. The molecule has 0 spiro atoms. The van der Waals surface area contributed by atoms with Crippen LogP contribution < -0.4 is 5.32 Å². The van der Waals surface area contributed by atoms with Crippen molar-refractivity contribution in [2.24, 2.45) is 0 Å². The van der Waals surface area contributed by atoms with Gasteiger partial charge in [0, 0.05) is 6.42 Å². The Kier molecular flexibility index (Phi) is 7.11. The molecule has 0 radical (unpaired) electrons. The Hall–Kier alpha value is -4.18. The van der Waals surface area contributed by atoms with Gasteiger partial charge in [0.2, 0.25) is 5.91 Å². The van der Waals surface area contributed by atoms with Crippen molar-refractivity contribution >= 4 is 11.9 Å². The Balaban J connectivity index is 1.83. The van der Waals surface area contributed by atoms with E-state index < -0.39 is 17.4 Å². The molecule has 0 heterocycles. The summed E-state index contributed by atoms with van der Waals surface area (Å²) in [5.41, 5.74) is 4.18. The summed E-state index contributed by atoms with van der Waals surface area (Å²) in [5.74, 6) is -1.45. The lowest BCUT2D eigenvalue weighted by Crippen LogP contribution is -2.52. The van der Waals surface area contributed by atoms with Crippen LogP contribution in [0.1, 0.15) is 33.4 Å². The predicted molar refractivity (Wildman–Crippen MR) is 138 cm³/mol. The fourth-order valence-electron chi connectivity index (χ4n) is 4.59. The highest BCUT2D eigenvalue weighted by Crippen LogP contribution is 2.39. The second-order valence-electron chi connectivity index (χ2n) is 8.84. The van der Waals surface area contributed by atoms with Crippen LogP contribution in [0.3, 0.4) is 0 Å². The molecule has 0 aromatic heterocycles. The van der Waals surface area contributed by atoms with E-state index in [1.807, 2.05) is 123 Å². The Morgan fingerprint density at radius 3 is 1.57 bits per heavy atom. The van der Waals surface area contributed by atoms with E-state index in [0.29, 0.717) is 0 Å². The molecule has 4 aromatic carbocycles. The lowest BCUT2D eigenvalue weighted by Gasteiger charge is -2.35. The van der Waals surface area contributed by atoms with Gasteiger partial charge in [-0.15, -0.1) is 0 Å². The number of benzene rings is 4. The highest BCUT2D eigenvalue weighted by Gasteiger charge is 2.45. The smallest absolute Gasteiger partial charge is 0.326 e. The van der Waals surface area contributed by atoms with Crippen LogP contribution in [0, 0.1) is 13.8 Å². The number of carboxylic acids is 1. The second kappa shape index (κ2) is 10.4. The summed E-state index contributed by atoms with van der Waals surface area (Å²) in [5, 5.41) is 13.0. The Labute approximate surface area is 206 Å². The first-order valence-corrected chi connectivity index (χ1v) is 11.7. The monoisotopic (exact) mass is 463 g/mol. The lowest BCUT2D eigenvalue weighted by atomic mass is 9.68. The third kappa shape index (κ3) is 4.87. The summed E-state index contributed by atoms with van der Waals surface area (Å²) in [6, 6.07) is 33.4. The third-order valence-corrected chi connectivity index (χ3v) is 6.58. The molecule has 1 amide bonds. The largest absolute Gasteiger partial charge is 0.480 e. The zero-order chi connectivity index (χ0) is 24.8. The maximum absolute atomic E-state index is 14.3. The maximum Gasteiger partial charge on any atom is 0.326 e. The number of aryl methyl sites for hydroxylation is 2. The van der Waals surface area contributed by atoms with Crippen LogP contribution in [-0.4, -0.2) is 23.0 Å². The van der Waals surface area contributed by atoms with Crippen molar-refractivity contribution in [3.8, 4) is 0 Å². The molecule has 0 unspecified atom stereocenters. The number of amides is 1. The summed E-state index contributed by atoms with van der Waals surface area (Å²) in [6.07, 6.45) is 0.191. The zero-order valence-corrected chi connectivity index (χ0v) is 19.9. The van der Waals surface area contributed by atoms with Crippen LogP contribution in [0.2, 0.25) is 0 Å². The van der Waals surface area contributed by atoms with Crippen molar-refractivity contribution in [2.75, 3.05) is 0 Å². The summed E-state index contributed by atoms with van der Waals surface area (Å²) in [4.78, 5) is 26.6. The van der Waals surface area contributed by atoms with Gasteiger partial charge in [0.05, 0.1) is 0 Å². The van der Waals surface area contributed by atoms with Crippen molar-refractivity contribution in [2.45, 2.75) is 31.7 Å². The van der Waals surface area contributed by atoms with E-state index in [-0.39, 0.29) is 12.3 Å². The van der Waals surface area contributed by atoms with E-state index in [1.165, 1.54) is 0 Å². The molecule has 4 nitrogen and oxygen atoms in total. The normalized spacial score (nSPS) is 12.1. The van der Waals surface area contributed by atoms with Gasteiger partial charge >= 0.3 is 5.97 Å². The van der Waals surface area contributed by atoms with Crippen LogP contribution in [0.25, 0.3) is 0 Å². The van der Waals surface area contributed by atoms with Crippen molar-refractivity contribution < 1.29 is 14.7 Å². The molecule has 35 heavy (non-hydrogen) atoms. The molecular weight excluding hydrogens is 434 g/mol. The summed E-state index contributed by atoms with van der Waals surface area (Å²) in [7, 11) is 0. The van der Waals surface area contributed by atoms with Crippen LogP contribution in [0.15, 0.2) is 109 Å². The Morgan fingerprint density at radius 2 is 1.17 bits per heavy atom. The first kappa shape index (κ1) is 24.0. The number of rotatable bonds is 8. The quantitative estimate of drug-likeness (QED) is 0.342. The third-order valence-electron chi connectivity index (χ3n) is 6.58. The highest BCUT2D eigenvalue weighted by molar-refractivity contribution is 5.98. The molecule has 176 valence electrons. The standard InChI is InChI=1S/C31H29NO3/c1-22-18-19-24(20-23(22)2)21-28(29(33)34)32-30(35)31(25-12-6-3-7-13-25,26-14-8-4-9-15-26)27-16-10-5-11-17-27/h3-20,28H,21H2,1-2H3,(H,32,35)(H,33,34)/t28-/m1/s1. The Morgan fingerprint density at radius 1 is 0.714 bits per heavy atom. The van der Waals surface area contributed by atoms with Gasteiger partial charge in [-0.3, -0.25) is 4.79 Å². The van der Waals surface area contributed by atoms with Gasteiger partial charge in [0.25, 0.3) is 0 Å². The molecule has 0 aliphatic heterocycles. The number of carbonyl (C=O) groups is 2. The molecule has 0 saturated heterocycles. The van der Waals surface area contributed by atoms with Crippen LogP contribution in [-0.2, 0) is 21.4 Å². The molecule has 4 heteroatoms. The predicted octanol–water partition coefficient (Wildman–Crippen LogP) is 5.45. The fourth-order valence-corrected chi connectivity index (χ4v) is 4.59. The highest BCUT2D eigenvalue weighted by atomic mass is 16.4. The Bertz CT molecular complexity index is 1200. The average molecular weight is 464 g/mol. The molecule has 0 aliphatic rings. The maximum atomic E-state index is 14.3. The van der Waals surface area contributed by atoms with Crippen molar-refractivity contribution in [3.63, 3.8) is 0 Å². The van der Waals surface area contributed by atoms with E-state index in [2.05, 4.69) is 5.32 Å². The minimum atomic E-state index is -1.22. The first-order valence-electron chi connectivity index (χ1n) is 11.7. The van der Waals surface area contributed by atoms with E-state index in [4.69, 9.17) is 0 Å². The van der Waals surface area contributed by atoms with Crippen molar-refractivity contribution in [1.82, 2.24) is 5.32 Å². The van der Waals surface area contributed by atoms with Gasteiger partial charge in [-0.1, -0.05) is 109 Å². The zero-order valence-electron chi connectivity index (χ0n) is 19.9. The summed E-state index contributed by atoms with van der Waals surface area (Å²) >= 11 is 0. The summed E-state index contributed by atoms with van der Waals surface area (Å²) in [6.45, 7) is 4.02. The van der Waals surface area contributed by atoms with Crippen molar-refractivity contribution in [1.29, 1.82) is 0 Å². The van der Waals surface area contributed by atoms with Crippen LogP contribution in [0.5, 0.6) is 0 Å². The topological polar surface area (TPSA) is 66.4 Å². The van der Waals surface area contributed by atoms with E-state index >= 15 is 0 Å². The molecule has 4 aromatic rings. The van der Waals surface area contributed by atoms with Gasteiger partial charge in [0.15, 0.2) is 0 Å². The van der Waals surface area contributed by atoms with Crippen LogP contribution in [0.4, 0.5) is 0 Å². The van der Waals surface area contributed by atoms with Gasteiger partial charge in [-0.2, -0.15) is 0 Å². The minimum Gasteiger partial charge on any atom is -0.480 e. The number of carbonyl (C=O) groups excluding carboxylic acids is 1. The lowest BCUT2D eigenvalue weighted by molar-refractivity contribution is -0.142. The molecule has 4 rings (SSSR count). The second-order valence-corrected chi connectivity index (χ2v) is 8.84. The molecular formula is C31H29NO3. The molecule has 0 aliphatic carbocycles. The summed E-state index contributed by atoms with van der Waals surface area (Å²) < 4.78 is 0. The van der Waals surface area contributed by atoms with E-state index in [9.17, 15) is 14.7 Å². The SMILES string of the molecule is Cc1ccc(C[C@@H](NC(=O)C(c2ccccc2)(c2ccccc2)c2ccccc2)C(=O)O)cc1C. The van der Waals surface area contributed by atoms with Gasteiger partial charge in [0.1, 0.15) is 11.5 Å². The van der Waals surface area contributed by atoms with E-state index in [1.54, 1.807) is 0 Å². The van der Waals surface area contributed by atoms with Crippen molar-refractivity contribution in [3.05, 3.63) is 143 Å². The number of nitrogens with one attached hydrogen (secondary N) is 1. The number of hydrogen-bond donors (Lipinski definition) is 2. The molecule has 1 atom stereocenters. The number of carboxylic acid groups (broad SMARTS) is 1. The number of aliphatic carboxylic acids is 1. The molecule has 0 saturated carbocycles. The molecule has 2 N–H and O–H groups in total. The first-order chi connectivity index (χ1) is 16.9. The van der Waals surface area contributed by atoms with E-state index in [0.717, 1.165) is 33.4 Å². The van der Waals surface area contributed by atoms with Crippen LogP contribution >= 0.6 is 0 Å². The van der Waals surface area contributed by atoms with Gasteiger partial charge < -0.3 is 10.4 Å². The number of hydrogen-bond acceptors (Lipinski definition) is 2.